The van der Waals surface area contributed by atoms with Gasteiger partial charge in [-0.3, -0.25) is 14.4 Å². The standard InChI is InChI=1S/C24H30O6/c1-21-7-4-14(25)10-13(21)11-15(20(27)28-3)19-16-5-8-23(9-6-18(26)30-23)22(16,2)12-17-24(19,21)29-17/h11,15-17,19H,4-10,12H2,1-3H3/t15-,16+,17?,19+,21+,22+,23-,24-/m1/s1. The van der Waals surface area contributed by atoms with Gasteiger partial charge in [-0.2, -0.15) is 0 Å². The number of methoxy groups -OCH3 is 1. The minimum absolute atomic E-state index is 0.00525. The van der Waals surface area contributed by atoms with E-state index in [4.69, 9.17) is 14.2 Å². The van der Waals surface area contributed by atoms with Crippen molar-refractivity contribution in [2.75, 3.05) is 7.11 Å². The molecule has 4 aliphatic carbocycles. The third-order valence-corrected chi connectivity index (χ3v) is 10.2. The minimum Gasteiger partial charge on any atom is -0.469 e. The van der Waals surface area contributed by atoms with Crippen LogP contribution in [0.4, 0.5) is 0 Å². The Hall–Kier alpha value is -1.69. The van der Waals surface area contributed by atoms with E-state index in [2.05, 4.69) is 19.9 Å². The molecule has 0 aromatic carbocycles. The van der Waals surface area contributed by atoms with Crippen LogP contribution in [0.2, 0.25) is 0 Å². The van der Waals surface area contributed by atoms with Crippen LogP contribution in [-0.2, 0) is 28.6 Å². The number of carbonyl (C=O) groups excluding carboxylic acids is 3. The van der Waals surface area contributed by atoms with Crippen molar-refractivity contribution in [1.29, 1.82) is 0 Å². The first-order valence-electron chi connectivity index (χ1n) is 11.4. The van der Waals surface area contributed by atoms with Gasteiger partial charge in [0.15, 0.2) is 0 Å². The lowest BCUT2D eigenvalue weighted by molar-refractivity contribution is -0.169. The molecule has 2 spiro atoms. The van der Waals surface area contributed by atoms with Crippen molar-refractivity contribution in [3.8, 4) is 0 Å². The summed E-state index contributed by atoms with van der Waals surface area (Å²) >= 11 is 0. The lowest BCUT2D eigenvalue weighted by Crippen LogP contribution is -2.62. The molecule has 162 valence electrons. The number of hydrogen-bond donors (Lipinski definition) is 0. The van der Waals surface area contributed by atoms with E-state index in [0.717, 1.165) is 37.7 Å². The summed E-state index contributed by atoms with van der Waals surface area (Å²) in [4.78, 5) is 37.4. The number of epoxide rings is 1. The SMILES string of the molecule is COC(=O)[C@@H]1C=C2CC(=O)CC[C@]2(C)[C@@]23OC2C[C@@]2(C)[C@@H](CC[C@@]24CCC(=O)O4)[C@H]13. The molecule has 5 fully saturated rings. The zero-order chi connectivity index (χ0) is 21.1. The molecule has 6 rings (SSSR count). The van der Waals surface area contributed by atoms with Crippen LogP contribution >= 0.6 is 0 Å². The van der Waals surface area contributed by atoms with E-state index in [-0.39, 0.29) is 46.5 Å². The van der Waals surface area contributed by atoms with Crippen molar-refractivity contribution in [1.82, 2.24) is 0 Å². The van der Waals surface area contributed by atoms with Gasteiger partial charge in [-0.1, -0.05) is 25.5 Å². The van der Waals surface area contributed by atoms with Gasteiger partial charge < -0.3 is 14.2 Å². The maximum absolute atomic E-state index is 13.0. The predicted molar refractivity (Wildman–Crippen MR) is 105 cm³/mol. The Balaban J connectivity index is 1.50. The number of ether oxygens (including phenoxy) is 3. The Morgan fingerprint density at radius 2 is 1.97 bits per heavy atom. The number of rotatable bonds is 1. The number of esters is 2. The molecule has 6 aliphatic rings. The second kappa shape index (κ2) is 5.56. The quantitative estimate of drug-likeness (QED) is 0.372. The van der Waals surface area contributed by atoms with Gasteiger partial charge in [-0.15, -0.1) is 0 Å². The lowest BCUT2D eigenvalue weighted by Gasteiger charge is -2.57. The molecule has 0 N–H and O–H groups in total. The van der Waals surface area contributed by atoms with Gasteiger partial charge in [0.1, 0.15) is 17.0 Å². The Morgan fingerprint density at radius 1 is 1.17 bits per heavy atom. The highest BCUT2D eigenvalue weighted by molar-refractivity contribution is 5.84. The van der Waals surface area contributed by atoms with Gasteiger partial charge in [0.2, 0.25) is 0 Å². The molecule has 0 aromatic heterocycles. The van der Waals surface area contributed by atoms with E-state index >= 15 is 0 Å². The fraction of sp³-hybridized carbons (Fsp3) is 0.792. The predicted octanol–water partition coefficient (Wildman–Crippen LogP) is 3.12. The molecule has 30 heavy (non-hydrogen) atoms. The average Bonchev–Trinajstić information content (AvgIpc) is 3.20. The van der Waals surface area contributed by atoms with Crippen LogP contribution in [0.3, 0.4) is 0 Å². The van der Waals surface area contributed by atoms with Gasteiger partial charge in [0.25, 0.3) is 0 Å². The normalized spacial score (nSPS) is 53.2. The number of hydrogen-bond acceptors (Lipinski definition) is 6. The summed E-state index contributed by atoms with van der Waals surface area (Å²) < 4.78 is 17.9. The highest BCUT2D eigenvalue weighted by atomic mass is 16.6. The van der Waals surface area contributed by atoms with Gasteiger partial charge in [-0.25, -0.2) is 0 Å². The van der Waals surface area contributed by atoms with Crippen molar-refractivity contribution < 1.29 is 28.6 Å². The van der Waals surface area contributed by atoms with E-state index in [1.54, 1.807) is 0 Å². The molecule has 6 heteroatoms. The highest BCUT2D eigenvalue weighted by Gasteiger charge is 2.83. The van der Waals surface area contributed by atoms with Crippen LogP contribution in [0.1, 0.15) is 65.2 Å². The molecule has 0 amide bonds. The molecule has 2 heterocycles. The van der Waals surface area contributed by atoms with Crippen molar-refractivity contribution in [3.63, 3.8) is 0 Å². The molecule has 2 saturated heterocycles. The van der Waals surface area contributed by atoms with Crippen LogP contribution in [-0.4, -0.2) is 42.1 Å². The van der Waals surface area contributed by atoms with Crippen molar-refractivity contribution in [2.24, 2.45) is 28.6 Å². The Labute approximate surface area is 176 Å². The Morgan fingerprint density at radius 3 is 2.67 bits per heavy atom. The smallest absolute Gasteiger partial charge is 0.312 e. The maximum Gasteiger partial charge on any atom is 0.312 e. The molecule has 1 unspecified atom stereocenters. The third kappa shape index (κ3) is 1.94. The molecule has 8 atom stereocenters. The summed E-state index contributed by atoms with van der Waals surface area (Å²) in [6, 6.07) is 0. The summed E-state index contributed by atoms with van der Waals surface area (Å²) in [5.74, 6) is -0.292. The van der Waals surface area contributed by atoms with Crippen LogP contribution in [0.15, 0.2) is 11.6 Å². The van der Waals surface area contributed by atoms with Gasteiger partial charge in [-0.05, 0) is 38.0 Å². The van der Waals surface area contributed by atoms with E-state index in [0.29, 0.717) is 19.3 Å². The van der Waals surface area contributed by atoms with Crippen molar-refractivity contribution in [2.45, 2.75) is 82.5 Å². The van der Waals surface area contributed by atoms with E-state index in [1.165, 1.54) is 7.11 Å². The van der Waals surface area contributed by atoms with Gasteiger partial charge >= 0.3 is 11.9 Å². The largest absolute Gasteiger partial charge is 0.469 e. The lowest BCUT2D eigenvalue weighted by atomic mass is 9.44. The maximum atomic E-state index is 13.0. The molecule has 0 aromatic rings. The summed E-state index contributed by atoms with van der Waals surface area (Å²) in [6.45, 7) is 4.50. The molecule has 0 radical (unpaired) electrons. The molecule has 6 nitrogen and oxygen atoms in total. The second-order valence-corrected chi connectivity index (χ2v) is 10.9. The van der Waals surface area contributed by atoms with E-state index in [1.807, 2.05) is 0 Å². The van der Waals surface area contributed by atoms with Crippen LogP contribution < -0.4 is 0 Å². The highest BCUT2D eigenvalue weighted by Crippen LogP contribution is 2.77. The minimum atomic E-state index is -0.430. The van der Waals surface area contributed by atoms with Gasteiger partial charge in [0.05, 0.1) is 19.1 Å². The second-order valence-electron chi connectivity index (χ2n) is 10.9. The fourth-order valence-corrected chi connectivity index (χ4v) is 8.59. The molecular weight excluding hydrogens is 384 g/mol. The fourth-order valence-electron chi connectivity index (χ4n) is 8.59. The summed E-state index contributed by atoms with van der Waals surface area (Å²) in [5.41, 5.74) is -0.191. The van der Waals surface area contributed by atoms with Crippen LogP contribution in [0.5, 0.6) is 0 Å². The monoisotopic (exact) mass is 414 g/mol. The third-order valence-electron chi connectivity index (χ3n) is 10.2. The van der Waals surface area contributed by atoms with E-state index in [9.17, 15) is 14.4 Å². The summed E-state index contributed by atoms with van der Waals surface area (Å²) in [7, 11) is 1.44. The zero-order valence-electron chi connectivity index (χ0n) is 18.0. The molecular formula is C24H30O6. The number of ketones is 1. The van der Waals surface area contributed by atoms with Crippen LogP contribution in [0, 0.1) is 28.6 Å². The molecule has 2 aliphatic heterocycles. The first-order valence-corrected chi connectivity index (χ1v) is 11.4. The topological polar surface area (TPSA) is 82.2 Å². The van der Waals surface area contributed by atoms with Gasteiger partial charge in [0, 0.05) is 36.0 Å². The summed E-state index contributed by atoms with van der Waals surface area (Å²) in [5, 5.41) is 0. The molecule has 0 bridgehead atoms. The Bertz CT molecular complexity index is 907. The Kier molecular flexibility index (Phi) is 3.53. The zero-order valence-corrected chi connectivity index (χ0v) is 18.0. The van der Waals surface area contributed by atoms with E-state index < -0.39 is 17.1 Å². The number of fused-ring (bicyclic) bond motifs is 4. The van der Waals surface area contributed by atoms with Crippen molar-refractivity contribution in [3.05, 3.63) is 11.6 Å². The number of carbonyl (C=O) groups is 3. The average molecular weight is 414 g/mol. The molecule has 3 saturated carbocycles. The van der Waals surface area contributed by atoms with Crippen molar-refractivity contribution >= 4 is 17.7 Å². The first kappa shape index (κ1) is 19.0. The summed E-state index contributed by atoms with van der Waals surface area (Å²) in [6.07, 6.45) is 7.74. The first-order chi connectivity index (χ1) is 14.2. The van der Waals surface area contributed by atoms with Crippen LogP contribution in [0.25, 0.3) is 0 Å². The number of Topliss-reactive ketones (excluding diaryl/α,β-unsaturated/α-hetero) is 1.